The second-order valence-corrected chi connectivity index (χ2v) is 6.67. The van der Waals surface area contributed by atoms with E-state index < -0.39 is 5.97 Å². The molecule has 0 bridgehead atoms. The zero-order chi connectivity index (χ0) is 14.3. The van der Waals surface area contributed by atoms with Crippen molar-refractivity contribution in [3.05, 3.63) is 28.2 Å². The molecule has 2 heterocycles. The van der Waals surface area contributed by atoms with Crippen molar-refractivity contribution < 1.29 is 9.90 Å². The number of hydrogen-bond donors (Lipinski definition) is 1. The van der Waals surface area contributed by atoms with Gasteiger partial charge in [0.15, 0.2) is 0 Å². The van der Waals surface area contributed by atoms with Crippen LogP contribution in [0.5, 0.6) is 0 Å². The van der Waals surface area contributed by atoms with Crippen molar-refractivity contribution in [2.24, 2.45) is 0 Å². The predicted molar refractivity (Wildman–Crippen MR) is 82.5 cm³/mol. The molecule has 1 aromatic carbocycles. The van der Waals surface area contributed by atoms with E-state index in [9.17, 15) is 9.90 Å². The molecule has 2 atom stereocenters. The van der Waals surface area contributed by atoms with Crippen LogP contribution in [-0.2, 0) is 0 Å². The van der Waals surface area contributed by atoms with E-state index >= 15 is 0 Å². The lowest BCUT2D eigenvalue weighted by Crippen LogP contribution is -2.55. The van der Waals surface area contributed by atoms with Crippen molar-refractivity contribution in [3.63, 3.8) is 0 Å². The molecular formula is C15H19BrN2O2. The summed E-state index contributed by atoms with van der Waals surface area (Å²) in [7, 11) is 0. The van der Waals surface area contributed by atoms with Gasteiger partial charge >= 0.3 is 5.97 Å². The van der Waals surface area contributed by atoms with Crippen molar-refractivity contribution in [1.29, 1.82) is 0 Å². The summed E-state index contributed by atoms with van der Waals surface area (Å²) >= 11 is 3.46. The number of hydrogen-bond acceptors (Lipinski definition) is 3. The van der Waals surface area contributed by atoms with Crippen LogP contribution in [0.4, 0.5) is 5.69 Å². The third kappa shape index (κ3) is 2.44. The van der Waals surface area contributed by atoms with Crippen LogP contribution < -0.4 is 4.90 Å². The maximum atomic E-state index is 11.5. The zero-order valence-electron chi connectivity index (χ0n) is 11.6. The Hall–Kier alpha value is -1.07. The second kappa shape index (κ2) is 5.37. The van der Waals surface area contributed by atoms with Crippen LogP contribution in [0.25, 0.3) is 0 Å². The Morgan fingerprint density at radius 3 is 2.95 bits per heavy atom. The second-order valence-electron chi connectivity index (χ2n) is 5.76. The van der Waals surface area contributed by atoms with E-state index in [1.54, 1.807) is 12.1 Å². The van der Waals surface area contributed by atoms with Crippen molar-refractivity contribution in [1.82, 2.24) is 4.90 Å². The zero-order valence-corrected chi connectivity index (χ0v) is 13.1. The fraction of sp³-hybridized carbons (Fsp3) is 0.533. The number of piperazine rings is 1. The van der Waals surface area contributed by atoms with Crippen LogP contribution >= 0.6 is 15.9 Å². The minimum atomic E-state index is -0.853. The Labute approximate surface area is 127 Å². The Balaban J connectivity index is 1.95. The number of aromatic carboxylic acids is 1. The molecule has 0 aromatic heterocycles. The van der Waals surface area contributed by atoms with Gasteiger partial charge in [0.1, 0.15) is 0 Å². The SMILES string of the molecule is CC1CN2CCCC2CN1c1cc(Br)ccc1C(=O)O. The van der Waals surface area contributed by atoms with Crippen LogP contribution in [0.2, 0.25) is 0 Å². The van der Waals surface area contributed by atoms with Gasteiger partial charge in [0.2, 0.25) is 0 Å². The van der Waals surface area contributed by atoms with E-state index in [2.05, 4.69) is 32.7 Å². The van der Waals surface area contributed by atoms with E-state index in [-0.39, 0.29) is 0 Å². The van der Waals surface area contributed by atoms with Gasteiger partial charge < -0.3 is 10.0 Å². The van der Waals surface area contributed by atoms with Crippen molar-refractivity contribution in [2.75, 3.05) is 24.5 Å². The fourth-order valence-corrected chi connectivity index (χ4v) is 3.80. The van der Waals surface area contributed by atoms with Gasteiger partial charge in [-0.25, -0.2) is 4.79 Å². The summed E-state index contributed by atoms with van der Waals surface area (Å²) in [5.41, 5.74) is 1.23. The number of carboxylic acids is 1. The topological polar surface area (TPSA) is 43.8 Å². The molecule has 2 aliphatic rings. The van der Waals surface area contributed by atoms with Gasteiger partial charge in [-0.1, -0.05) is 15.9 Å². The van der Waals surface area contributed by atoms with Crippen LogP contribution in [0.15, 0.2) is 22.7 Å². The summed E-state index contributed by atoms with van der Waals surface area (Å²) in [6.45, 7) is 5.32. The molecule has 0 radical (unpaired) electrons. The summed E-state index contributed by atoms with van der Waals surface area (Å²) < 4.78 is 0.929. The molecule has 0 amide bonds. The van der Waals surface area contributed by atoms with Crippen molar-refractivity contribution >= 4 is 27.6 Å². The maximum absolute atomic E-state index is 11.5. The van der Waals surface area contributed by atoms with E-state index in [0.29, 0.717) is 17.6 Å². The lowest BCUT2D eigenvalue weighted by Gasteiger charge is -2.44. The molecule has 2 fully saturated rings. The van der Waals surface area contributed by atoms with E-state index in [0.717, 1.165) is 23.2 Å². The molecule has 20 heavy (non-hydrogen) atoms. The predicted octanol–water partition coefficient (Wildman–Crippen LogP) is 2.82. The largest absolute Gasteiger partial charge is 0.478 e. The Bertz CT molecular complexity index is 535. The number of benzene rings is 1. The molecule has 1 aromatic rings. The third-order valence-electron chi connectivity index (χ3n) is 4.44. The van der Waals surface area contributed by atoms with Gasteiger partial charge in [-0.2, -0.15) is 0 Å². The molecule has 0 aliphatic carbocycles. The number of halogens is 1. The van der Waals surface area contributed by atoms with E-state index in [4.69, 9.17) is 0 Å². The van der Waals surface area contributed by atoms with Gasteiger partial charge in [0.25, 0.3) is 0 Å². The Kier molecular flexibility index (Phi) is 3.73. The first kappa shape index (κ1) is 13.9. The van der Waals surface area contributed by atoms with Crippen LogP contribution in [0.1, 0.15) is 30.1 Å². The average molecular weight is 339 g/mol. The Morgan fingerprint density at radius 2 is 2.20 bits per heavy atom. The highest BCUT2D eigenvalue weighted by Crippen LogP contribution is 2.32. The first-order valence-corrected chi connectivity index (χ1v) is 7.89. The molecule has 2 aliphatic heterocycles. The Morgan fingerprint density at radius 1 is 1.40 bits per heavy atom. The minimum absolute atomic E-state index is 0.344. The summed E-state index contributed by atoms with van der Waals surface area (Å²) in [6.07, 6.45) is 2.48. The highest BCUT2D eigenvalue weighted by Gasteiger charge is 2.35. The monoisotopic (exact) mass is 338 g/mol. The number of carboxylic acid groups (broad SMARTS) is 1. The highest BCUT2D eigenvalue weighted by molar-refractivity contribution is 9.10. The summed E-state index contributed by atoms with van der Waals surface area (Å²) in [5.74, 6) is -0.853. The van der Waals surface area contributed by atoms with Crippen LogP contribution in [0, 0.1) is 0 Å². The number of nitrogens with zero attached hydrogens (tertiary/aromatic N) is 2. The maximum Gasteiger partial charge on any atom is 0.337 e. The number of fused-ring (bicyclic) bond motifs is 1. The summed E-state index contributed by atoms with van der Waals surface area (Å²) in [4.78, 5) is 16.3. The standard InChI is InChI=1S/C15H19BrN2O2/c1-10-8-17-6-2-3-12(17)9-18(10)14-7-11(16)4-5-13(14)15(19)20/h4-5,7,10,12H,2-3,6,8-9H2,1H3,(H,19,20). The third-order valence-corrected chi connectivity index (χ3v) is 4.93. The smallest absolute Gasteiger partial charge is 0.337 e. The molecule has 2 unspecified atom stereocenters. The lowest BCUT2D eigenvalue weighted by atomic mass is 10.0. The minimum Gasteiger partial charge on any atom is -0.478 e. The molecule has 0 saturated carbocycles. The molecule has 3 rings (SSSR count). The van der Waals surface area contributed by atoms with Crippen LogP contribution in [-0.4, -0.2) is 47.7 Å². The normalized spacial score (nSPS) is 26.6. The fourth-order valence-electron chi connectivity index (χ4n) is 3.45. The van der Waals surface area contributed by atoms with Crippen molar-refractivity contribution in [2.45, 2.75) is 31.8 Å². The molecule has 108 valence electrons. The number of carbonyl (C=O) groups is 1. The van der Waals surface area contributed by atoms with Gasteiger partial charge in [0.05, 0.1) is 11.3 Å². The number of rotatable bonds is 2. The summed E-state index contributed by atoms with van der Waals surface area (Å²) in [6, 6.07) is 6.34. The highest BCUT2D eigenvalue weighted by atomic mass is 79.9. The molecule has 2 saturated heterocycles. The average Bonchev–Trinajstić information content (AvgIpc) is 2.84. The molecule has 0 spiro atoms. The van der Waals surface area contributed by atoms with Gasteiger partial charge in [-0.15, -0.1) is 0 Å². The van der Waals surface area contributed by atoms with E-state index in [1.165, 1.54) is 19.4 Å². The quantitative estimate of drug-likeness (QED) is 0.900. The van der Waals surface area contributed by atoms with Gasteiger partial charge in [0, 0.05) is 29.6 Å². The first-order chi connectivity index (χ1) is 9.56. The van der Waals surface area contributed by atoms with Crippen LogP contribution in [0.3, 0.4) is 0 Å². The van der Waals surface area contributed by atoms with Gasteiger partial charge in [-0.05, 0) is 44.5 Å². The van der Waals surface area contributed by atoms with Crippen molar-refractivity contribution in [3.8, 4) is 0 Å². The molecular weight excluding hydrogens is 320 g/mol. The molecule has 5 heteroatoms. The van der Waals surface area contributed by atoms with Gasteiger partial charge in [-0.3, -0.25) is 4.90 Å². The summed E-state index contributed by atoms with van der Waals surface area (Å²) in [5, 5.41) is 9.41. The lowest BCUT2D eigenvalue weighted by molar-refractivity contribution is 0.0697. The molecule has 1 N–H and O–H groups in total. The molecule has 4 nitrogen and oxygen atoms in total. The first-order valence-electron chi connectivity index (χ1n) is 7.10. The van der Waals surface area contributed by atoms with E-state index in [1.807, 2.05) is 6.07 Å². The number of anilines is 1.